The number of anilines is 2. The summed E-state index contributed by atoms with van der Waals surface area (Å²) in [5.74, 6) is 0.267. The molecular weight excluding hydrogens is 426 g/mol. The first-order valence-electron chi connectivity index (χ1n) is 9.93. The molecule has 1 aliphatic heterocycles. The van der Waals surface area contributed by atoms with E-state index >= 15 is 0 Å². The highest BCUT2D eigenvalue weighted by Gasteiger charge is 2.31. The molecule has 32 heavy (non-hydrogen) atoms. The van der Waals surface area contributed by atoms with Gasteiger partial charge < -0.3 is 14.3 Å². The van der Waals surface area contributed by atoms with Crippen LogP contribution in [0.2, 0.25) is 0 Å². The average molecular weight is 443 g/mol. The van der Waals surface area contributed by atoms with Crippen molar-refractivity contribution < 1.29 is 22.1 Å². The topological polar surface area (TPSA) is 58.3 Å². The number of alkyl halides is 3. The van der Waals surface area contributed by atoms with E-state index in [9.17, 15) is 17.6 Å². The number of rotatable bonds is 3. The fourth-order valence-corrected chi connectivity index (χ4v) is 3.87. The minimum Gasteiger partial charge on any atom is -0.368 e. The average Bonchev–Trinajstić information content (AvgIpc) is 3.24. The summed E-state index contributed by atoms with van der Waals surface area (Å²) in [6.45, 7) is 2.11. The van der Waals surface area contributed by atoms with Gasteiger partial charge in [0.1, 0.15) is 29.0 Å². The molecule has 0 saturated carbocycles. The van der Waals surface area contributed by atoms with Crippen LogP contribution < -0.4 is 9.80 Å². The molecular formula is C22H17F4N5O. The second kappa shape index (κ2) is 7.77. The minimum absolute atomic E-state index is 0.314. The normalized spacial score (nSPS) is 14.9. The summed E-state index contributed by atoms with van der Waals surface area (Å²) in [6, 6.07) is 11.2. The first kappa shape index (κ1) is 20.2. The molecule has 10 heteroatoms. The van der Waals surface area contributed by atoms with Crippen molar-refractivity contribution in [3.05, 3.63) is 66.2 Å². The molecule has 1 saturated heterocycles. The van der Waals surface area contributed by atoms with Crippen LogP contribution in [0.1, 0.15) is 5.56 Å². The lowest BCUT2D eigenvalue weighted by atomic mass is 10.1. The molecule has 1 fully saturated rings. The summed E-state index contributed by atoms with van der Waals surface area (Å²) in [4.78, 5) is 12.5. The van der Waals surface area contributed by atoms with E-state index < -0.39 is 11.7 Å². The number of nitrogens with zero attached hydrogens (tertiary/aromatic N) is 5. The van der Waals surface area contributed by atoms with Crippen molar-refractivity contribution in [2.24, 2.45) is 0 Å². The van der Waals surface area contributed by atoms with Gasteiger partial charge in [-0.25, -0.2) is 9.37 Å². The van der Waals surface area contributed by atoms with Crippen LogP contribution in [0, 0.1) is 5.82 Å². The first-order valence-corrected chi connectivity index (χ1v) is 9.93. The molecule has 164 valence electrons. The Labute approximate surface area is 180 Å². The number of piperazine rings is 1. The van der Waals surface area contributed by atoms with E-state index in [-0.39, 0.29) is 5.82 Å². The van der Waals surface area contributed by atoms with Gasteiger partial charge in [0.05, 0.1) is 5.56 Å². The molecule has 0 bridgehead atoms. The maximum absolute atomic E-state index is 13.3. The molecule has 6 nitrogen and oxygen atoms in total. The first-order chi connectivity index (χ1) is 15.4. The van der Waals surface area contributed by atoms with Crippen LogP contribution in [-0.4, -0.2) is 41.3 Å². The molecule has 2 aromatic heterocycles. The minimum atomic E-state index is -4.38. The molecule has 0 N–H and O–H groups in total. The van der Waals surface area contributed by atoms with Crippen molar-refractivity contribution in [1.29, 1.82) is 0 Å². The van der Waals surface area contributed by atoms with Crippen LogP contribution in [0.15, 0.2) is 59.4 Å². The van der Waals surface area contributed by atoms with E-state index in [4.69, 9.17) is 4.52 Å². The van der Waals surface area contributed by atoms with Crippen LogP contribution in [0.25, 0.3) is 22.4 Å². The summed E-state index contributed by atoms with van der Waals surface area (Å²) < 4.78 is 57.9. The van der Waals surface area contributed by atoms with E-state index in [1.807, 2.05) is 9.80 Å². The van der Waals surface area contributed by atoms with Crippen molar-refractivity contribution in [3.63, 3.8) is 0 Å². The quantitative estimate of drug-likeness (QED) is 0.425. The largest absolute Gasteiger partial charge is 0.416 e. The van der Waals surface area contributed by atoms with E-state index in [2.05, 4.69) is 15.1 Å². The lowest BCUT2D eigenvalue weighted by Crippen LogP contribution is -2.47. The highest BCUT2D eigenvalue weighted by Crippen LogP contribution is 2.35. The SMILES string of the molecule is Fc1ccc(-c2noc3ncnc(N4CCN(c5cccc(C(F)(F)F)c5)CC4)c23)cc1. The highest BCUT2D eigenvalue weighted by molar-refractivity contribution is 5.97. The summed E-state index contributed by atoms with van der Waals surface area (Å²) in [6.07, 6.45) is -2.99. The van der Waals surface area contributed by atoms with Crippen LogP contribution in [-0.2, 0) is 6.18 Å². The molecule has 3 heterocycles. The second-order valence-electron chi connectivity index (χ2n) is 7.44. The zero-order valence-electron chi connectivity index (χ0n) is 16.7. The van der Waals surface area contributed by atoms with Gasteiger partial charge in [0.25, 0.3) is 5.71 Å². The molecule has 0 aliphatic carbocycles. The Morgan fingerprint density at radius 1 is 0.875 bits per heavy atom. The zero-order valence-corrected chi connectivity index (χ0v) is 16.7. The molecule has 0 amide bonds. The highest BCUT2D eigenvalue weighted by atomic mass is 19.4. The van der Waals surface area contributed by atoms with Gasteiger partial charge in [0, 0.05) is 37.4 Å². The summed E-state index contributed by atoms with van der Waals surface area (Å²) in [7, 11) is 0. The predicted molar refractivity (Wildman–Crippen MR) is 111 cm³/mol. The number of halogens is 4. The third kappa shape index (κ3) is 3.72. The zero-order chi connectivity index (χ0) is 22.3. The fourth-order valence-electron chi connectivity index (χ4n) is 3.87. The summed E-state index contributed by atoms with van der Waals surface area (Å²) >= 11 is 0. The Morgan fingerprint density at radius 3 is 2.31 bits per heavy atom. The van der Waals surface area contributed by atoms with Gasteiger partial charge in [0.2, 0.25) is 0 Å². The van der Waals surface area contributed by atoms with Crippen molar-refractivity contribution >= 4 is 22.6 Å². The van der Waals surface area contributed by atoms with Crippen molar-refractivity contribution in [2.45, 2.75) is 6.18 Å². The van der Waals surface area contributed by atoms with Crippen LogP contribution in [0.3, 0.4) is 0 Å². The maximum Gasteiger partial charge on any atom is 0.416 e. The Hall–Kier alpha value is -3.69. The van der Waals surface area contributed by atoms with Gasteiger partial charge in [-0.05, 0) is 42.5 Å². The third-order valence-electron chi connectivity index (χ3n) is 5.49. The van der Waals surface area contributed by atoms with Crippen LogP contribution >= 0.6 is 0 Å². The molecule has 2 aromatic carbocycles. The number of benzene rings is 2. The number of aromatic nitrogens is 3. The third-order valence-corrected chi connectivity index (χ3v) is 5.49. The van der Waals surface area contributed by atoms with Gasteiger partial charge >= 0.3 is 6.18 Å². The molecule has 0 unspecified atom stereocenters. The van der Waals surface area contributed by atoms with Crippen molar-refractivity contribution in [3.8, 4) is 11.3 Å². The fraction of sp³-hybridized carbons (Fsp3) is 0.227. The Balaban J connectivity index is 1.41. The van der Waals surface area contributed by atoms with Gasteiger partial charge in [-0.15, -0.1) is 0 Å². The Kier molecular flexibility index (Phi) is 4.91. The standard InChI is InChI=1S/C22H17F4N5O/c23-16-6-4-14(5-7-16)19-18-20(27-13-28-21(18)32-29-19)31-10-8-30(9-11-31)17-3-1-2-15(12-17)22(24,25)26/h1-7,12-13H,8-11H2. The Morgan fingerprint density at radius 2 is 1.59 bits per heavy atom. The number of fused-ring (bicyclic) bond motifs is 1. The predicted octanol–water partition coefficient (Wildman–Crippen LogP) is 4.77. The van der Waals surface area contributed by atoms with Gasteiger partial charge in [-0.2, -0.15) is 18.2 Å². The molecule has 1 aliphatic rings. The maximum atomic E-state index is 13.3. The Bertz CT molecular complexity index is 1250. The smallest absolute Gasteiger partial charge is 0.368 e. The number of hydrogen-bond donors (Lipinski definition) is 0. The van der Waals surface area contributed by atoms with Crippen molar-refractivity contribution in [2.75, 3.05) is 36.0 Å². The van der Waals surface area contributed by atoms with Gasteiger partial charge in [0.15, 0.2) is 0 Å². The monoisotopic (exact) mass is 443 g/mol. The van der Waals surface area contributed by atoms with Gasteiger partial charge in [-0.1, -0.05) is 11.2 Å². The van der Waals surface area contributed by atoms with E-state index in [1.54, 1.807) is 18.2 Å². The summed E-state index contributed by atoms with van der Waals surface area (Å²) in [5.41, 5.74) is 1.36. The van der Waals surface area contributed by atoms with E-state index in [0.29, 0.717) is 60.0 Å². The lowest BCUT2D eigenvalue weighted by molar-refractivity contribution is -0.137. The van der Waals surface area contributed by atoms with Gasteiger partial charge in [-0.3, -0.25) is 0 Å². The molecule has 0 atom stereocenters. The second-order valence-corrected chi connectivity index (χ2v) is 7.44. The van der Waals surface area contributed by atoms with E-state index in [0.717, 1.165) is 6.07 Å². The summed E-state index contributed by atoms with van der Waals surface area (Å²) in [5, 5.41) is 4.72. The van der Waals surface area contributed by atoms with Crippen molar-refractivity contribution in [1.82, 2.24) is 15.1 Å². The van der Waals surface area contributed by atoms with Crippen LogP contribution in [0.5, 0.6) is 0 Å². The molecule has 5 rings (SSSR count). The molecule has 4 aromatic rings. The van der Waals surface area contributed by atoms with E-state index in [1.165, 1.54) is 30.6 Å². The molecule has 0 radical (unpaired) electrons. The molecule has 0 spiro atoms. The lowest BCUT2D eigenvalue weighted by Gasteiger charge is -2.37. The van der Waals surface area contributed by atoms with Crippen LogP contribution in [0.4, 0.5) is 29.1 Å². The number of hydrogen-bond acceptors (Lipinski definition) is 6.